The Labute approximate surface area is 131 Å². The van der Waals surface area contributed by atoms with Gasteiger partial charge >= 0.3 is 0 Å². The Morgan fingerprint density at radius 3 is 2.14 bits per heavy atom. The quantitative estimate of drug-likeness (QED) is 0.945. The molecule has 1 amide bonds. The number of nitrogens with one attached hydrogen (secondary N) is 1. The second kappa shape index (κ2) is 6.52. The minimum absolute atomic E-state index is 0.0321. The van der Waals surface area contributed by atoms with Crippen LogP contribution in [0.1, 0.15) is 6.92 Å². The first-order chi connectivity index (χ1) is 10.7. The maximum Gasteiger partial charge on any atom is 0.221 e. The van der Waals surface area contributed by atoms with E-state index < -0.39 is 0 Å². The van der Waals surface area contributed by atoms with E-state index in [4.69, 9.17) is 0 Å². The van der Waals surface area contributed by atoms with Gasteiger partial charge in [-0.1, -0.05) is 30.3 Å². The molecule has 0 saturated carbocycles. The number of hydrogen-bond acceptors (Lipinski definition) is 3. The summed E-state index contributed by atoms with van der Waals surface area (Å²) in [7, 11) is 0. The minimum Gasteiger partial charge on any atom is -0.368 e. The van der Waals surface area contributed by atoms with Gasteiger partial charge in [0, 0.05) is 38.8 Å². The molecule has 0 aliphatic carbocycles. The zero-order valence-corrected chi connectivity index (χ0v) is 12.8. The molecule has 2 aromatic carbocycles. The van der Waals surface area contributed by atoms with Gasteiger partial charge in [0.25, 0.3) is 0 Å². The second-order valence-electron chi connectivity index (χ2n) is 5.51. The monoisotopic (exact) mass is 295 g/mol. The predicted octanol–water partition coefficient (Wildman–Crippen LogP) is 2.97. The van der Waals surface area contributed by atoms with Crippen LogP contribution in [0.2, 0.25) is 0 Å². The normalized spacial score (nSPS) is 14.8. The number of carbonyl (C=O) groups excluding carboxylic acids is 1. The largest absolute Gasteiger partial charge is 0.368 e. The average molecular weight is 295 g/mol. The van der Waals surface area contributed by atoms with Gasteiger partial charge in [0.1, 0.15) is 0 Å². The molecule has 0 radical (unpaired) electrons. The van der Waals surface area contributed by atoms with Crippen molar-refractivity contribution in [2.24, 2.45) is 0 Å². The fourth-order valence-electron chi connectivity index (χ4n) is 2.89. The van der Waals surface area contributed by atoms with Crippen molar-refractivity contribution in [3.63, 3.8) is 0 Å². The highest BCUT2D eigenvalue weighted by Crippen LogP contribution is 2.27. The molecule has 1 aliphatic rings. The third-order valence-electron chi connectivity index (χ3n) is 3.96. The molecule has 0 bridgehead atoms. The highest BCUT2D eigenvalue weighted by molar-refractivity contribution is 5.92. The Morgan fingerprint density at radius 2 is 1.45 bits per heavy atom. The van der Waals surface area contributed by atoms with Gasteiger partial charge in [-0.3, -0.25) is 4.79 Å². The minimum atomic E-state index is -0.0321. The van der Waals surface area contributed by atoms with Gasteiger partial charge in [-0.05, 0) is 24.3 Å². The number of hydrogen-bond donors (Lipinski definition) is 1. The van der Waals surface area contributed by atoms with E-state index >= 15 is 0 Å². The molecule has 22 heavy (non-hydrogen) atoms. The molecule has 114 valence electrons. The van der Waals surface area contributed by atoms with Gasteiger partial charge in [0.2, 0.25) is 5.91 Å². The first-order valence-corrected chi connectivity index (χ1v) is 7.65. The Morgan fingerprint density at radius 1 is 0.864 bits per heavy atom. The van der Waals surface area contributed by atoms with Gasteiger partial charge in [0.05, 0.1) is 11.4 Å². The first kappa shape index (κ1) is 14.4. The first-order valence-electron chi connectivity index (χ1n) is 7.65. The third-order valence-corrected chi connectivity index (χ3v) is 3.96. The molecule has 4 heteroatoms. The number of nitrogens with zero attached hydrogens (tertiary/aromatic N) is 2. The molecule has 0 unspecified atom stereocenters. The molecule has 1 aliphatic heterocycles. The molecule has 1 fully saturated rings. The number of benzene rings is 2. The molecule has 1 heterocycles. The standard InChI is InChI=1S/C18H21N3O/c1-15(22)19-17-9-5-6-10-18(17)21-13-11-20(12-14-21)16-7-3-2-4-8-16/h2-10H,11-14H2,1H3,(H,19,22). The van der Waals surface area contributed by atoms with Crippen molar-refractivity contribution < 1.29 is 4.79 Å². The van der Waals surface area contributed by atoms with E-state index in [0.29, 0.717) is 0 Å². The van der Waals surface area contributed by atoms with Gasteiger partial charge in [-0.15, -0.1) is 0 Å². The summed E-state index contributed by atoms with van der Waals surface area (Å²) >= 11 is 0. The number of carbonyl (C=O) groups is 1. The van der Waals surface area contributed by atoms with E-state index in [-0.39, 0.29) is 5.91 Å². The Bertz CT molecular complexity index is 634. The van der Waals surface area contributed by atoms with Crippen LogP contribution in [0.3, 0.4) is 0 Å². The number of anilines is 3. The van der Waals surface area contributed by atoms with E-state index in [9.17, 15) is 4.79 Å². The summed E-state index contributed by atoms with van der Waals surface area (Å²) in [5.41, 5.74) is 3.27. The van der Waals surface area contributed by atoms with Gasteiger partial charge < -0.3 is 15.1 Å². The van der Waals surface area contributed by atoms with E-state index in [0.717, 1.165) is 37.6 Å². The fraction of sp³-hybridized carbons (Fsp3) is 0.278. The van der Waals surface area contributed by atoms with Crippen molar-refractivity contribution in [1.82, 2.24) is 0 Å². The lowest BCUT2D eigenvalue weighted by molar-refractivity contribution is -0.114. The Kier molecular flexibility index (Phi) is 4.28. The fourth-order valence-corrected chi connectivity index (χ4v) is 2.89. The van der Waals surface area contributed by atoms with Crippen LogP contribution in [-0.4, -0.2) is 32.1 Å². The van der Waals surface area contributed by atoms with Crippen LogP contribution in [0.5, 0.6) is 0 Å². The summed E-state index contributed by atoms with van der Waals surface area (Å²) < 4.78 is 0. The lowest BCUT2D eigenvalue weighted by atomic mass is 10.2. The Balaban J connectivity index is 1.70. The molecule has 0 aromatic heterocycles. The molecule has 3 rings (SSSR count). The number of piperazine rings is 1. The van der Waals surface area contributed by atoms with Crippen molar-refractivity contribution in [1.29, 1.82) is 0 Å². The molecule has 1 saturated heterocycles. The number of amides is 1. The molecule has 0 spiro atoms. The molecule has 1 N–H and O–H groups in total. The van der Waals surface area contributed by atoms with Gasteiger partial charge in [-0.25, -0.2) is 0 Å². The van der Waals surface area contributed by atoms with E-state index in [1.54, 1.807) is 6.92 Å². The second-order valence-corrected chi connectivity index (χ2v) is 5.51. The molecule has 2 aromatic rings. The van der Waals surface area contributed by atoms with Crippen LogP contribution in [0.25, 0.3) is 0 Å². The predicted molar refractivity (Wildman–Crippen MR) is 91.6 cm³/mol. The zero-order chi connectivity index (χ0) is 15.4. The van der Waals surface area contributed by atoms with Crippen LogP contribution in [0.4, 0.5) is 17.1 Å². The maximum atomic E-state index is 11.3. The van der Waals surface area contributed by atoms with E-state index in [1.807, 2.05) is 24.3 Å². The van der Waals surface area contributed by atoms with E-state index in [2.05, 4.69) is 45.4 Å². The Hall–Kier alpha value is -2.49. The summed E-state index contributed by atoms with van der Waals surface area (Å²) in [4.78, 5) is 16.1. The van der Waals surface area contributed by atoms with E-state index in [1.165, 1.54) is 5.69 Å². The summed E-state index contributed by atoms with van der Waals surface area (Å²) in [6.45, 7) is 5.41. The van der Waals surface area contributed by atoms with Crippen molar-refractivity contribution in [3.8, 4) is 0 Å². The van der Waals surface area contributed by atoms with Crippen molar-refractivity contribution >= 4 is 23.0 Å². The van der Waals surface area contributed by atoms with Crippen LogP contribution >= 0.6 is 0 Å². The molecule has 0 atom stereocenters. The third kappa shape index (κ3) is 3.22. The highest BCUT2D eigenvalue weighted by Gasteiger charge is 2.19. The lowest BCUT2D eigenvalue weighted by Crippen LogP contribution is -2.46. The lowest BCUT2D eigenvalue weighted by Gasteiger charge is -2.38. The summed E-state index contributed by atoms with van der Waals surface area (Å²) in [6.07, 6.45) is 0. The topological polar surface area (TPSA) is 35.6 Å². The van der Waals surface area contributed by atoms with Gasteiger partial charge in [0.15, 0.2) is 0 Å². The van der Waals surface area contributed by atoms with Crippen LogP contribution in [0.15, 0.2) is 54.6 Å². The molecular weight excluding hydrogens is 274 g/mol. The summed E-state index contributed by atoms with van der Waals surface area (Å²) in [5.74, 6) is -0.0321. The molecule has 4 nitrogen and oxygen atoms in total. The average Bonchev–Trinajstić information content (AvgIpc) is 2.56. The van der Waals surface area contributed by atoms with Crippen LogP contribution in [0, 0.1) is 0 Å². The van der Waals surface area contributed by atoms with Crippen LogP contribution in [-0.2, 0) is 4.79 Å². The van der Waals surface area contributed by atoms with Crippen molar-refractivity contribution in [3.05, 3.63) is 54.6 Å². The number of rotatable bonds is 3. The van der Waals surface area contributed by atoms with Gasteiger partial charge in [-0.2, -0.15) is 0 Å². The SMILES string of the molecule is CC(=O)Nc1ccccc1N1CCN(c2ccccc2)CC1. The smallest absolute Gasteiger partial charge is 0.221 e. The number of para-hydroxylation sites is 3. The molecular formula is C18H21N3O. The summed E-state index contributed by atoms with van der Waals surface area (Å²) in [6, 6.07) is 18.5. The van der Waals surface area contributed by atoms with Crippen molar-refractivity contribution in [2.75, 3.05) is 41.3 Å². The highest BCUT2D eigenvalue weighted by atomic mass is 16.1. The van der Waals surface area contributed by atoms with Crippen molar-refractivity contribution in [2.45, 2.75) is 6.92 Å². The zero-order valence-electron chi connectivity index (χ0n) is 12.8. The maximum absolute atomic E-state index is 11.3. The summed E-state index contributed by atoms with van der Waals surface area (Å²) in [5, 5.41) is 2.92. The van der Waals surface area contributed by atoms with Crippen LogP contribution < -0.4 is 15.1 Å².